The first kappa shape index (κ1) is 16.0. The van der Waals surface area contributed by atoms with Crippen molar-refractivity contribution in [2.45, 2.75) is 58.2 Å². The molecule has 0 bridgehead atoms. The highest BCUT2D eigenvalue weighted by Crippen LogP contribution is 2.25. The molecule has 126 valence electrons. The smallest absolute Gasteiger partial charge is 0.332 e. The van der Waals surface area contributed by atoms with Crippen molar-refractivity contribution in [2.75, 3.05) is 0 Å². The number of aliphatic hydroxyl groups excluding tert-OH is 1. The van der Waals surface area contributed by atoms with Crippen molar-refractivity contribution in [1.82, 2.24) is 18.7 Å². The molecule has 7 heteroatoms. The lowest BCUT2D eigenvalue weighted by atomic mass is 9.87. The molecule has 2 aromatic rings. The van der Waals surface area contributed by atoms with Crippen LogP contribution in [0.25, 0.3) is 11.2 Å². The summed E-state index contributed by atoms with van der Waals surface area (Å²) in [5.74, 6) is 0.261. The highest BCUT2D eigenvalue weighted by Gasteiger charge is 2.23. The Labute approximate surface area is 134 Å². The molecule has 0 radical (unpaired) electrons. The Morgan fingerprint density at radius 1 is 1.26 bits per heavy atom. The lowest BCUT2D eigenvalue weighted by Gasteiger charge is -2.25. The van der Waals surface area contributed by atoms with Crippen molar-refractivity contribution >= 4 is 11.2 Å². The highest BCUT2D eigenvalue weighted by molar-refractivity contribution is 5.70. The van der Waals surface area contributed by atoms with Gasteiger partial charge in [-0.25, -0.2) is 9.78 Å². The lowest BCUT2D eigenvalue weighted by Crippen LogP contribution is -2.41. The summed E-state index contributed by atoms with van der Waals surface area (Å²) >= 11 is 0. The van der Waals surface area contributed by atoms with E-state index in [0.29, 0.717) is 17.7 Å². The van der Waals surface area contributed by atoms with Gasteiger partial charge in [0.1, 0.15) is 0 Å². The maximum absolute atomic E-state index is 12.9. The van der Waals surface area contributed by atoms with Gasteiger partial charge in [0.15, 0.2) is 11.2 Å². The molecule has 0 amide bonds. The van der Waals surface area contributed by atoms with Crippen LogP contribution in [0.1, 0.15) is 45.6 Å². The van der Waals surface area contributed by atoms with Gasteiger partial charge >= 0.3 is 5.69 Å². The summed E-state index contributed by atoms with van der Waals surface area (Å²) in [6.07, 6.45) is 4.56. The highest BCUT2D eigenvalue weighted by atomic mass is 16.3. The van der Waals surface area contributed by atoms with Crippen LogP contribution in [0.2, 0.25) is 0 Å². The summed E-state index contributed by atoms with van der Waals surface area (Å²) < 4.78 is 4.61. The molecule has 0 unspecified atom stereocenters. The Hall–Kier alpha value is -1.89. The summed E-state index contributed by atoms with van der Waals surface area (Å²) in [5, 5.41) is 9.61. The zero-order valence-electron chi connectivity index (χ0n) is 13.9. The molecule has 0 saturated heterocycles. The topological polar surface area (TPSA) is 82.1 Å². The van der Waals surface area contributed by atoms with E-state index in [1.165, 1.54) is 9.13 Å². The summed E-state index contributed by atoms with van der Waals surface area (Å²) in [6, 6.07) is 0.100. The Bertz CT molecular complexity index is 822. The minimum atomic E-state index is -0.317. The van der Waals surface area contributed by atoms with Crippen LogP contribution in [-0.4, -0.2) is 29.9 Å². The van der Waals surface area contributed by atoms with E-state index in [-0.39, 0.29) is 29.3 Å². The van der Waals surface area contributed by atoms with E-state index in [1.54, 1.807) is 13.4 Å². The lowest BCUT2D eigenvalue weighted by molar-refractivity contribution is 0.103. The number of aliphatic hydroxyl groups is 1. The van der Waals surface area contributed by atoms with Crippen LogP contribution in [0.3, 0.4) is 0 Å². The van der Waals surface area contributed by atoms with Gasteiger partial charge in [-0.3, -0.25) is 13.9 Å². The normalized spacial score (nSPS) is 22.1. The van der Waals surface area contributed by atoms with Crippen LogP contribution in [-0.2, 0) is 13.6 Å². The van der Waals surface area contributed by atoms with Crippen molar-refractivity contribution in [3.05, 3.63) is 27.2 Å². The van der Waals surface area contributed by atoms with Crippen LogP contribution in [0.5, 0.6) is 0 Å². The average Bonchev–Trinajstić information content (AvgIpc) is 2.96. The third kappa shape index (κ3) is 2.73. The molecule has 1 N–H and O–H groups in total. The second kappa shape index (κ2) is 5.96. The van der Waals surface area contributed by atoms with Crippen LogP contribution in [0.15, 0.2) is 15.9 Å². The second-order valence-corrected chi connectivity index (χ2v) is 6.85. The largest absolute Gasteiger partial charge is 0.393 e. The van der Waals surface area contributed by atoms with E-state index in [1.807, 2.05) is 18.4 Å². The fourth-order valence-electron chi connectivity index (χ4n) is 3.43. The van der Waals surface area contributed by atoms with Gasteiger partial charge in [0, 0.05) is 19.6 Å². The Morgan fingerprint density at radius 3 is 2.52 bits per heavy atom. The summed E-state index contributed by atoms with van der Waals surface area (Å²) in [6.45, 7) is 4.38. The molecule has 7 nitrogen and oxygen atoms in total. The molecule has 0 aromatic carbocycles. The number of aryl methyl sites for hydroxylation is 1. The number of fused-ring (bicyclic) bond motifs is 1. The quantitative estimate of drug-likeness (QED) is 0.916. The summed E-state index contributed by atoms with van der Waals surface area (Å²) in [4.78, 5) is 29.7. The zero-order valence-corrected chi connectivity index (χ0v) is 13.9. The molecule has 1 saturated carbocycles. The maximum Gasteiger partial charge on any atom is 0.332 e. The van der Waals surface area contributed by atoms with Crippen molar-refractivity contribution in [3.8, 4) is 0 Å². The van der Waals surface area contributed by atoms with Crippen LogP contribution >= 0.6 is 0 Å². The van der Waals surface area contributed by atoms with Crippen LogP contribution in [0.4, 0.5) is 0 Å². The average molecular weight is 320 g/mol. The van der Waals surface area contributed by atoms with E-state index in [0.717, 1.165) is 25.7 Å². The first-order valence-electron chi connectivity index (χ1n) is 8.24. The van der Waals surface area contributed by atoms with Gasteiger partial charge in [-0.15, -0.1) is 0 Å². The number of aromatic nitrogens is 4. The van der Waals surface area contributed by atoms with Gasteiger partial charge in [-0.05, 0) is 45.4 Å². The predicted molar refractivity (Wildman–Crippen MR) is 87.6 cm³/mol. The fraction of sp³-hybridized carbons (Fsp3) is 0.688. The van der Waals surface area contributed by atoms with Gasteiger partial charge < -0.3 is 9.67 Å². The standard InChI is InChI=1S/C16H24N4O3/c1-10(2)20-9-17-14-13(20)15(22)19(16(23)18(14)3)8-11-4-6-12(21)7-5-11/h9-12,21H,4-8H2,1-3H3. The molecule has 0 aliphatic heterocycles. The van der Waals surface area contributed by atoms with Crippen molar-refractivity contribution in [1.29, 1.82) is 0 Å². The number of rotatable bonds is 3. The SMILES string of the molecule is CC(C)n1cnc2c1c(=O)n(CC1CCC(O)CC1)c(=O)n2C. The molecular weight excluding hydrogens is 296 g/mol. The van der Waals surface area contributed by atoms with Crippen molar-refractivity contribution in [2.24, 2.45) is 13.0 Å². The number of nitrogens with zero attached hydrogens (tertiary/aromatic N) is 4. The Balaban J connectivity index is 2.08. The zero-order chi connectivity index (χ0) is 16.7. The molecule has 0 spiro atoms. The molecule has 1 aliphatic rings. The van der Waals surface area contributed by atoms with E-state index in [4.69, 9.17) is 0 Å². The predicted octanol–water partition coefficient (Wildman–Crippen LogP) is 1.03. The molecule has 1 aliphatic carbocycles. The minimum Gasteiger partial charge on any atom is -0.393 e. The fourth-order valence-corrected chi connectivity index (χ4v) is 3.43. The van der Waals surface area contributed by atoms with Crippen LogP contribution in [0, 0.1) is 5.92 Å². The number of imidazole rings is 1. The van der Waals surface area contributed by atoms with E-state index in [2.05, 4.69) is 4.98 Å². The summed E-state index contributed by atoms with van der Waals surface area (Å²) in [5.41, 5.74) is 0.338. The van der Waals surface area contributed by atoms with Crippen molar-refractivity contribution < 1.29 is 5.11 Å². The molecular formula is C16H24N4O3. The Morgan fingerprint density at radius 2 is 1.91 bits per heavy atom. The molecule has 2 heterocycles. The van der Waals surface area contributed by atoms with Gasteiger partial charge in [0.05, 0.1) is 12.4 Å². The molecule has 23 heavy (non-hydrogen) atoms. The first-order valence-corrected chi connectivity index (χ1v) is 8.24. The van der Waals surface area contributed by atoms with E-state index >= 15 is 0 Å². The summed E-state index contributed by atoms with van der Waals surface area (Å²) in [7, 11) is 1.66. The molecule has 2 aromatic heterocycles. The monoisotopic (exact) mass is 320 g/mol. The molecule has 0 atom stereocenters. The van der Waals surface area contributed by atoms with Gasteiger partial charge in [0.2, 0.25) is 0 Å². The van der Waals surface area contributed by atoms with Gasteiger partial charge in [0.25, 0.3) is 5.56 Å². The van der Waals surface area contributed by atoms with Gasteiger partial charge in [-0.2, -0.15) is 0 Å². The first-order chi connectivity index (χ1) is 10.9. The van der Waals surface area contributed by atoms with E-state index < -0.39 is 0 Å². The third-order valence-corrected chi connectivity index (χ3v) is 4.87. The minimum absolute atomic E-state index is 0.100. The van der Waals surface area contributed by atoms with Crippen LogP contribution < -0.4 is 11.2 Å². The molecule has 1 fully saturated rings. The Kier molecular flexibility index (Phi) is 4.14. The van der Waals surface area contributed by atoms with Gasteiger partial charge in [-0.1, -0.05) is 0 Å². The third-order valence-electron chi connectivity index (χ3n) is 4.87. The van der Waals surface area contributed by atoms with Crippen molar-refractivity contribution in [3.63, 3.8) is 0 Å². The van der Waals surface area contributed by atoms with E-state index in [9.17, 15) is 14.7 Å². The number of hydrogen-bond acceptors (Lipinski definition) is 4. The molecule has 3 rings (SSSR count). The second-order valence-electron chi connectivity index (χ2n) is 6.85. The number of hydrogen-bond donors (Lipinski definition) is 1. The maximum atomic E-state index is 12.9.